The molecule has 0 bridgehead atoms. The summed E-state index contributed by atoms with van der Waals surface area (Å²) < 4.78 is 1.97. The minimum atomic E-state index is 0.112. The maximum absolute atomic E-state index is 13.0. The Morgan fingerprint density at radius 1 is 0.964 bits per heavy atom. The molecule has 4 heteroatoms. The molecule has 28 heavy (non-hydrogen) atoms. The molecule has 4 nitrogen and oxygen atoms in total. The van der Waals surface area contributed by atoms with E-state index in [-0.39, 0.29) is 11.7 Å². The van der Waals surface area contributed by atoms with Crippen molar-refractivity contribution in [2.45, 2.75) is 25.8 Å². The van der Waals surface area contributed by atoms with Crippen LogP contribution in [0.15, 0.2) is 73.1 Å². The summed E-state index contributed by atoms with van der Waals surface area (Å²) in [6.07, 6.45) is 6.98. The molecule has 2 aromatic carbocycles. The fourth-order valence-electron chi connectivity index (χ4n) is 4.05. The fraction of sp³-hybridized carbons (Fsp3) is 0.333. The van der Waals surface area contributed by atoms with E-state index in [1.165, 1.54) is 5.56 Å². The molecule has 0 aliphatic carbocycles. The number of benzene rings is 2. The number of hydrogen-bond acceptors (Lipinski definition) is 3. The van der Waals surface area contributed by atoms with Gasteiger partial charge in [-0.25, -0.2) is 0 Å². The second-order valence-electron chi connectivity index (χ2n) is 7.57. The van der Waals surface area contributed by atoms with Crippen LogP contribution in [0.1, 0.15) is 29.6 Å². The molecule has 1 saturated heterocycles. The number of hydrogen-bond donors (Lipinski definition) is 0. The lowest BCUT2D eigenvalue weighted by atomic mass is 9.89. The first-order chi connectivity index (χ1) is 13.8. The molecule has 3 aromatic rings. The van der Waals surface area contributed by atoms with Gasteiger partial charge in [0.05, 0.1) is 0 Å². The molecule has 1 aliphatic rings. The smallest absolute Gasteiger partial charge is 0.167 e. The number of ketones is 1. The van der Waals surface area contributed by atoms with E-state index in [2.05, 4.69) is 34.3 Å². The molecule has 1 aliphatic heterocycles. The van der Waals surface area contributed by atoms with Gasteiger partial charge in [-0.1, -0.05) is 54.6 Å². The SMILES string of the molecule is O=C(c1ccc(-c2ccccc2)cc1)C1CCCN(CCCn2cccn2)C1. The van der Waals surface area contributed by atoms with Crippen LogP contribution < -0.4 is 0 Å². The van der Waals surface area contributed by atoms with Crippen molar-refractivity contribution in [3.8, 4) is 11.1 Å². The molecule has 1 fully saturated rings. The van der Waals surface area contributed by atoms with E-state index in [0.717, 1.165) is 56.6 Å². The summed E-state index contributed by atoms with van der Waals surface area (Å²) in [6, 6.07) is 20.3. The molecular weight excluding hydrogens is 346 g/mol. The van der Waals surface area contributed by atoms with Crippen LogP contribution in [-0.4, -0.2) is 40.1 Å². The van der Waals surface area contributed by atoms with Crippen LogP contribution in [0.2, 0.25) is 0 Å². The fourth-order valence-corrected chi connectivity index (χ4v) is 4.05. The molecule has 1 unspecified atom stereocenters. The molecule has 0 saturated carbocycles. The van der Waals surface area contributed by atoms with E-state index in [4.69, 9.17) is 0 Å². The Bertz CT molecular complexity index is 872. The lowest BCUT2D eigenvalue weighted by molar-refractivity contribution is 0.0817. The molecule has 4 rings (SSSR count). The van der Waals surface area contributed by atoms with Gasteiger partial charge in [-0.3, -0.25) is 9.48 Å². The van der Waals surface area contributed by atoms with Crippen molar-refractivity contribution in [1.82, 2.24) is 14.7 Å². The van der Waals surface area contributed by atoms with Crippen LogP contribution in [-0.2, 0) is 6.54 Å². The molecule has 0 spiro atoms. The molecule has 0 radical (unpaired) electrons. The lowest BCUT2D eigenvalue weighted by Crippen LogP contribution is -2.39. The Kier molecular flexibility index (Phi) is 5.98. The standard InChI is InChI=1S/C24H27N3O/c28-24(22-12-10-21(11-13-22)20-7-2-1-3-8-20)23-9-4-15-26(19-23)16-6-18-27-17-5-14-25-27/h1-3,5,7-8,10-14,17,23H,4,6,9,15-16,18-19H2. The number of aromatic nitrogens is 2. The number of carbonyl (C=O) groups is 1. The van der Waals surface area contributed by atoms with Crippen molar-refractivity contribution < 1.29 is 4.79 Å². The summed E-state index contributed by atoms with van der Waals surface area (Å²) >= 11 is 0. The molecule has 1 atom stereocenters. The highest BCUT2D eigenvalue weighted by atomic mass is 16.1. The summed E-state index contributed by atoms with van der Waals surface area (Å²) in [4.78, 5) is 15.5. The van der Waals surface area contributed by atoms with E-state index < -0.39 is 0 Å². The zero-order valence-electron chi connectivity index (χ0n) is 16.2. The molecule has 0 N–H and O–H groups in total. The first-order valence-corrected chi connectivity index (χ1v) is 10.2. The Morgan fingerprint density at radius 3 is 2.50 bits per heavy atom. The number of aryl methyl sites for hydroxylation is 1. The largest absolute Gasteiger partial charge is 0.303 e. The number of carbonyl (C=O) groups excluding carboxylic acids is 1. The number of likely N-dealkylation sites (tertiary alicyclic amines) is 1. The van der Waals surface area contributed by atoms with Crippen LogP contribution in [0.25, 0.3) is 11.1 Å². The molecule has 1 aromatic heterocycles. The van der Waals surface area contributed by atoms with Gasteiger partial charge in [0.2, 0.25) is 0 Å². The highest BCUT2D eigenvalue weighted by molar-refractivity contribution is 5.98. The van der Waals surface area contributed by atoms with Crippen LogP contribution in [0.3, 0.4) is 0 Å². The topological polar surface area (TPSA) is 38.1 Å². The molecule has 2 heterocycles. The average Bonchev–Trinajstić information content (AvgIpc) is 3.28. The van der Waals surface area contributed by atoms with Gasteiger partial charge in [0.15, 0.2) is 5.78 Å². The second kappa shape index (κ2) is 8.98. The van der Waals surface area contributed by atoms with Gasteiger partial charge in [0, 0.05) is 37.0 Å². The van der Waals surface area contributed by atoms with Crippen molar-refractivity contribution in [1.29, 1.82) is 0 Å². The van der Waals surface area contributed by atoms with Crippen LogP contribution in [0, 0.1) is 5.92 Å². The summed E-state index contributed by atoms with van der Waals surface area (Å²) in [7, 11) is 0. The zero-order chi connectivity index (χ0) is 19.2. The van der Waals surface area contributed by atoms with E-state index in [1.807, 2.05) is 53.5 Å². The third-order valence-corrected chi connectivity index (χ3v) is 5.57. The molecule has 144 valence electrons. The first kappa shape index (κ1) is 18.6. The van der Waals surface area contributed by atoms with Gasteiger partial charge in [0.1, 0.15) is 0 Å². The van der Waals surface area contributed by atoms with Crippen LogP contribution in [0.4, 0.5) is 0 Å². The highest BCUT2D eigenvalue weighted by Crippen LogP contribution is 2.24. The number of nitrogens with zero attached hydrogens (tertiary/aromatic N) is 3. The van der Waals surface area contributed by atoms with E-state index >= 15 is 0 Å². The van der Waals surface area contributed by atoms with E-state index in [1.54, 1.807) is 0 Å². The quantitative estimate of drug-likeness (QED) is 0.571. The zero-order valence-corrected chi connectivity index (χ0v) is 16.2. The van der Waals surface area contributed by atoms with Crippen molar-refractivity contribution in [2.24, 2.45) is 5.92 Å². The van der Waals surface area contributed by atoms with Gasteiger partial charge in [0.25, 0.3) is 0 Å². The van der Waals surface area contributed by atoms with Crippen LogP contribution >= 0.6 is 0 Å². The minimum Gasteiger partial charge on any atom is -0.303 e. The summed E-state index contributed by atoms with van der Waals surface area (Å²) in [5, 5.41) is 4.25. The van der Waals surface area contributed by atoms with E-state index in [9.17, 15) is 4.79 Å². The van der Waals surface area contributed by atoms with Gasteiger partial charge < -0.3 is 4.90 Å². The predicted octanol–water partition coefficient (Wildman–Crippen LogP) is 4.54. The first-order valence-electron chi connectivity index (χ1n) is 10.2. The summed E-state index contributed by atoms with van der Waals surface area (Å²) in [6.45, 7) is 3.92. The maximum atomic E-state index is 13.0. The highest BCUT2D eigenvalue weighted by Gasteiger charge is 2.26. The minimum absolute atomic E-state index is 0.112. The van der Waals surface area contributed by atoms with Crippen molar-refractivity contribution in [2.75, 3.05) is 19.6 Å². The predicted molar refractivity (Wildman–Crippen MR) is 112 cm³/mol. The monoisotopic (exact) mass is 373 g/mol. The van der Waals surface area contributed by atoms with Crippen LogP contribution in [0.5, 0.6) is 0 Å². The Labute approximate surface area is 166 Å². The Hall–Kier alpha value is -2.72. The van der Waals surface area contributed by atoms with Gasteiger partial charge in [-0.05, 0) is 49.5 Å². The Balaban J connectivity index is 1.33. The Morgan fingerprint density at radius 2 is 1.75 bits per heavy atom. The van der Waals surface area contributed by atoms with Gasteiger partial charge in [-0.2, -0.15) is 5.10 Å². The third-order valence-electron chi connectivity index (χ3n) is 5.57. The molecule has 0 amide bonds. The number of Topliss-reactive ketones (excluding diaryl/α,β-unsaturated/α-hetero) is 1. The van der Waals surface area contributed by atoms with E-state index in [0.29, 0.717) is 0 Å². The number of rotatable bonds is 7. The lowest BCUT2D eigenvalue weighted by Gasteiger charge is -2.32. The van der Waals surface area contributed by atoms with Gasteiger partial charge >= 0.3 is 0 Å². The summed E-state index contributed by atoms with van der Waals surface area (Å²) in [5.41, 5.74) is 3.17. The number of piperidine rings is 1. The normalized spacial score (nSPS) is 17.5. The van der Waals surface area contributed by atoms with Crippen molar-refractivity contribution in [3.05, 3.63) is 78.6 Å². The maximum Gasteiger partial charge on any atom is 0.167 e. The average molecular weight is 374 g/mol. The third kappa shape index (κ3) is 4.57. The second-order valence-corrected chi connectivity index (χ2v) is 7.57. The molecular formula is C24H27N3O. The van der Waals surface area contributed by atoms with Crippen molar-refractivity contribution in [3.63, 3.8) is 0 Å². The van der Waals surface area contributed by atoms with Crippen molar-refractivity contribution >= 4 is 5.78 Å². The summed E-state index contributed by atoms with van der Waals surface area (Å²) in [5.74, 6) is 0.400. The van der Waals surface area contributed by atoms with Gasteiger partial charge in [-0.15, -0.1) is 0 Å².